The van der Waals surface area contributed by atoms with E-state index in [1.54, 1.807) is 18.2 Å². The van der Waals surface area contributed by atoms with Gasteiger partial charge in [0.2, 0.25) is 0 Å². The second-order valence-corrected chi connectivity index (χ2v) is 4.13. The van der Waals surface area contributed by atoms with Gasteiger partial charge in [-0.2, -0.15) is 0 Å². The second kappa shape index (κ2) is 6.01. The van der Waals surface area contributed by atoms with E-state index in [0.29, 0.717) is 18.0 Å². The van der Waals surface area contributed by atoms with Gasteiger partial charge < -0.3 is 10.1 Å². The number of anilines is 1. The standard InChI is InChI=1S/C14H13FN2O3/c1-20-14-8-11(15)5-6-13(14)16-9-10-3-2-4-12(7-10)17(18)19/h2-8,16H,9H2,1H3. The number of halogens is 1. The molecule has 0 radical (unpaired) electrons. The predicted molar refractivity (Wildman–Crippen MR) is 73.4 cm³/mol. The van der Waals surface area contributed by atoms with E-state index >= 15 is 0 Å². The minimum atomic E-state index is -0.442. The topological polar surface area (TPSA) is 64.4 Å². The molecule has 5 nitrogen and oxygen atoms in total. The van der Waals surface area contributed by atoms with Gasteiger partial charge in [-0.1, -0.05) is 12.1 Å². The average Bonchev–Trinajstić information content (AvgIpc) is 2.46. The highest BCUT2D eigenvalue weighted by atomic mass is 19.1. The third-order valence-corrected chi connectivity index (χ3v) is 2.77. The largest absolute Gasteiger partial charge is 0.494 e. The zero-order chi connectivity index (χ0) is 14.5. The van der Waals surface area contributed by atoms with Crippen LogP contribution in [-0.4, -0.2) is 12.0 Å². The highest BCUT2D eigenvalue weighted by Crippen LogP contribution is 2.25. The fourth-order valence-corrected chi connectivity index (χ4v) is 1.79. The molecule has 6 heteroatoms. The molecule has 0 unspecified atom stereocenters. The van der Waals surface area contributed by atoms with Crippen LogP contribution in [0.1, 0.15) is 5.56 Å². The monoisotopic (exact) mass is 276 g/mol. The lowest BCUT2D eigenvalue weighted by Crippen LogP contribution is -2.02. The smallest absolute Gasteiger partial charge is 0.269 e. The van der Waals surface area contributed by atoms with Crippen molar-refractivity contribution in [2.75, 3.05) is 12.4 Å². The summed E-state index contributed by atoms with van der Waals surface area (Å²) in [4.78, 5) is 10.2. The van der Waals surface area contributed by atoms with Crippen LogP contribution in [0.5, 0.6) is 5.75 Å². The van der Waals surface area contributed by atoms with Crippen LogP contribution in [0.3, 0.4) is 0 Å². The Kier molecular flexibility index (Phi) is 4.14. The zero-order valence-electron chi connectivity index (χ0n) is 10.8. The lowest BCUT2D eigenvalue weighted by molar-refractivity contribution is -0.384. The molecule has 0 aliphatic heterocycles. The Morgan fingerprint density at radius 1 is 1.30 bits per heavy atom. The zero-order valence-corrected chi connectivity index (χ0v) is 10.8. The Morgan fingerprint density at radius 3 is 2.80 bits per heavy atom. The number of ether oxygens (including phenoxy) is 1. The molecule has 0 spiro atoms. The lowest BCUT2D eigenvalue weighted by Gasteiger charge is -2.11. The molecule has 20 heavy (non-hydrogen) atoms. The molecule has 0 atom stereocenters. The Hall–Kier alpha value is -2.63. The first-order valence-corrected chi connectivity index (χ1v) is 5.91. The number of nitro benzene ring substituents is 1. The van der Waals surface area contributed by atoms with E-state index in [9.17, 15) is 14.5 Å². The summed E-state index contributed by atoms with van der Waals surface area (Å²) in [7, 11) is 1.45. The van der Waals surface area contributed by atoms with Crippen LogP contribution in [0.15, 0.2) is 42.5 Å². The van der Waals surface area contributed by atoms with Crippen LogP contribution in [0.2, 0.25) is 0 Å². The van der Waals surface area contributed by atoms with Crippen molar-refractivity contribution in [1.82, 2.24) is 0 Å². The van der Waals surface area contributed by atoms with Crippen molar-refractivity contribution in [3.05, 3.63) is 64.0 Å². The number of non-ortho nitro benzene ring substituents is 1. The molecular weight excluding hydrogens is 263 g/mol. The number of hydrogen-bond donors (Lipinski definition) is 1. The van der Waals surface area contributed by atoms with Gasteiger partial charge in [-0.15, -0.1) is 0 Å². The molecule has 0 aliphatic rings. The van der Waals surface area contributed by atoms with Crippen LogP contribution in [-0.2, 0) is 6.54 Å². The molecule has 0 aliphatic carbocycles. The van der Waals surface area contributed by atoms with Gasteiger partial charge in [-0.25, -0.2) is 4.39 Å². The summed E-state index contributed by atoms with van der Waals surface area (Å²) >= 11 is 0. The summed E-state index contributed by atoms with van der Waals surface area (Å²) in [5.74, 6) is -0.00169. The summed E-state index contributed by atoms with van der Waals surface area (Å²) in [6, 6.07) is 10.5. The number of nitrogens with one attached hydrogen (secondary N) is 1. The Bertz CT molecular complexity index is 632. The molecule has 0 saturated heterocycles. The van der Waals surface area contributed by atoms with E-state index in [-0.39, 0.29) is 11.5 Å². The van der Waals surface area contributed by atoms with Crippen molar-refractivity contribution in [3.8, 4) is 5.75 Å². The van der Waals surface area contributed by atoms with Crippen LogP contribution in [0, 0.1) is 15.9 Å². The van der Waals surface area contributed by atoms with E-state index < -0.39 is 4.92 Å². The first-order valence-electron chi connectivity index (χ1n) is 5.91. The Morgan fingerprint density at radius 2 is 2.10 bits per heavy atom. The summed E-state index contributed by atoms with van der Waals surface area (Å²) in [5.41, 5.74) is 1.42. The number of nitrogens with zero attached hydrogens (tertiary/aromatic N) is 1. The van der Waals surface area contributed by atoms with Crippen molar-refractivity contribution < 1.29 is 14.1 Å². The van der Waals surface area contributed by atoms with Crippen LogP contribution >= 0.6 is 0 Å². The highest BCUT2D eigenvalue weighted by molar-refractivity contribution is 5.56. The van der Waals surface area contributed by atoms with Crippen molar-refractivity contribution in [2.45, 2.75) is 6.54 Å². The van der Waals surface area contributed by atoms with Gasteiger partial charge in [0, 0.05) is 24.7 Å². The molecule has 0 aromatic heterocycles. The molecular formula is C14H13FN2O3. The van der Waals surface area contributed by atoms with Crippen molar-refractivity contribution in [2.24, 2.45) is 0 Å². The minimum Gasteiger partial charge on any atom is -0.494 e. The van der Waals surface area contributed by atoms with Gasteiger partial charge in [0.15, 0.2) is 0 Å². The first kappa shape index (κ1) is 13.8. The van der Waals surface area contributed by atoms with E-state index in [1.807, 2.05) is 0 Å². The van der Waals surface area contributed by atoms with E-state index in [0.717, 1.165) is 5.56 Å². The number of benzene rings is 2. The summed E-state index contributed by atoms with van der Waals surface area (Å²) in [6.07, 6.45) is 0. The fraction of sp³-hybridized carbons (Fsp3) is 0.143. The first-order chi connectivity index (χ1) is 9.60. The number of methoxy groups -OCH3 is 1. The number of nitro groups is 1. The minimum absolute atomic E-state index is 0.0374. The van der Waals surface area contributed by atoms with Gasteiger partial charge in [-0.05, 0) is 17.7 Å². The van der Waals surface area contributed by atoms with Gasteiger partial charge >= 0.3 is 0 Å². The van der Waals surface area contributed by atoms with E-state index in [4.69, 9.17) is 4.74 Å². The number of rotatable bonds is 5. The maximum atomic E-state index is 13.1. The summed E-state index contributed by atoms with van der Waals surface area (Å²) in [5, 5.41) is 13.7. The molecule has 0 amide bonds. The molecule has 0 fully saturated rings. The Labute approximate surface area is 115 Å². The maximum absolute atomic E-state index is 13.1. The molecule has 104 valence electrons. The molecule has 2 aromatic rings. The van der Waals surface area contributed by atoms with Gasteiger partial charge in [0.1, 0.15) is 11.6 Å². The van der Waals surface area contributed by atoms with E-state index in [1.165, 1.54) is 31.4 Å². The molecule has 2 rings (SSSR count). The fourth-order valence-electron chi connectivity index (χ4n) is 1.79. The average molecular weight is 276 g/mol. The third kappa shape index (κ3) is 3.23. The molecule has 1 N–H and O–H groups in total. The van der Waals surface area contributed by atoms with Crippen LogP contribution < -0.4 is 10.1 Å². The summed E-state index contributed by atoms with van der Waals surface area (Å²) in [6.45, 7) is 0.379. The molecule has 0 bridgehead atoms. The second-order valence-electron chi connectivity index (χ2n) is 4.13. The van der Waals surface area contributed by atoms with Crippen molar-refractivity contribution in [3.63, 3.8) is 0 Å². The van der Waals surface area contributed by atoms with E-state index in [2.05, 4.69) is 5.32 Å². The normalized spacial score (nSPS) is 10.1. The molecule has 2 aromatic carbocycles. The van der Waals surface area contributed by atoms with Gasteiger partial charge in [0.05, 0.1) is 17.7 Å². The number of hydrogen-bond acceptors (Lipinski definition) is 4. The lowest BCUT2D eigenvalue weighted by atomic mass is 10.2. The quantitative estimate of drug-likeness (QED) is 0.671. The summed E-state index contributed by atoms with van der Waals surface area (Å²) < 4.78 is 18.1. The van der Waals surface area contributed by atoms with Crippen LogP contribution in [0.25, 0.3) is 0 Å². The van der Waals surface area contributed by atoms with Crippen molar-refractivity contribution >= 4 is 11.4 Å². The van der Waals surface area contributed by atoms with Gasteiger partial charge in [0.25, 0.3) is 5.69 Å². The van der Waals surface area contributed by atoms with Crippen LogP contribution in [0.4, 0.5) is 15.8 Å². The molecule has 0 heterocycles. The maximum Gasteiger partial charge on any atom is 0.269 e. The highest BCUT2D eigenvalue weighted by Gasteiger charge is 2.07. The van der Waals surface area contributed by atoms with Crippen molar-refractivity contribution in [1.29, 1.82) is 0 Å². The predicted octanol–water partition coefficient (Wildman–Crippen LogP) is 3.35. The molecule has 0 saturated carbocycles. The van der Waals surface area contributed by atoms with Gasteiger partial charge in [-0.3, -0.25) is 10.1 Å². The SMILES string of the molecule is COc1cc(F)ccc1NCc1cccc([N+](=O)[O-])c1. The Balaban J connectivity index is 2.12. The third-order valence-electron chi connectivity index (χ3n) is 2.77.